The summed E-state index contributed by atoms with van der Waals surface area (Å²) in [6, 6.07) is 7.44. The summed E-state index contributed by atoms with van der Waals surface area (Å²) in [6.07, 6.45) is 2.13. The molecule has 8 N–H and O–H groups in total. The van der Waals surface area contributed by atoms with Gasteiger partial charge < -0.3 is 42.5 Å². The van der Waals surface area contributed by atoms with Crippen LogP contribution in [0.25, 0.3) is 0 Å². The van der Waals surface area contributed by atoms with E-state index in [2.05, 4.69) is 31.9 Å². The molecular formula is C42H58N8O8. The predicted molar refractivity (Wildman–Crippen MR) is 218 cm³/mol. The first-order valence-corrected chi connectivity index (χ1v) is 20.1. The van der Waals surface area contributed by atoms with Crippen LogP contribution < -0.4 is 37.6 Å². The van der Waals surface area contributed by atoms with Gasteiger partial charge in [-0.25, -0.2) is 0 Å². The normalized spacial score (nSPS) is 16.7. The van der Waals surface area contributed by atoms with Crippen LogP contribution in [0.5, 0.6) is 0 Å². The van der Waals surface area contributed by atoms with Crippen molar-refractivity contribution in [1.29, 1.82) is 0 Å². The fraction of sp³-hybridized carbons (Fsp3) is 0.524. The van der Waals surface area contributed by atoms with Gasteiger partial charge in [-0.2, -0.15) is 0 Å². The third kappa shape index (κ3) is 11.7. The third-order valence-electron chi connectivity index (χ3n) is 10.0. The van der Waals surface area contributed by atoms with Crippen LogP contribution in [0.15, 0.2) is 42.5 Å². The highest BCUT2D eigenvalue weighted by Gasteiger charge is 2.38. The second-order valence-corrected chi connectivity index (χ2v) is 15.9. The number of benzene rings is 2. The molecule has 0 saturated carbocycles. The minimum Gasteiger partial charge on any atom is -0.384 e. The predicted octanol–water partition coefficient (Wildman–Crippen LogP) is 1.40. The molecule has 314 valence electrons. The average Bonchev–Trinajstić information content (AvgIpc) is 3.68. The highest BCUT2D eigenvalue weighted by Crippen LogP contribution is 2.32. The first kappa shape index (κ1) is 45.1. The lowest BCUT2D eigenvalue weighted by Crippen LogP contribution is -2.56. The zero-order chi connectivity index (χ0) is 42.7. The van der Waals surface area contributed by atoms with Gasteiger partial charge in [0, 0.05) is 42.0 Å². The lowest BCUT2D eigenvalue weighted by molar-refractivity contribution is -0.141. The van der Waals surface area contributed by atoms with Crippen LogP contribution in [0, 0.1) is 11.8 Å². The van der Waals surface area contributed by atoms with Gasteiger partial charge in [0.25, 0.3) is 0 Å². The molecule has 58 heavy (non-hydrogen) atoms. The molecule has 4 rings (SSSR count). The van der Waals surface area contributed by atoms with Crippen LogP contribution in [-0.4, -0.2) is 108 Å². The molecule has 1 fully saturated rings. The van der Waals surface area contributed by atoms with E-state index in [1.54, 1.807) is 42.5 Å². The van der Waals surface area contributed by atoms with Crippen LogP contribution in [0.4, 0.5) is 5.69 Å². The molecule has 16 nitrogen and oxygen atoms in total. The van der Waals surface area contributed by atoms with E-state index in [1.165, 1.54) is 18.7 Å². The van der Waals surface area contributed by atoms with Crippen molar-refractivity contribution in [3.8, 4) is 0 Å². The number of hydrogen-bond acceptors (Lipinski definition) is 10. The van der Waals surface area contributed by atoms with Crippen molar-refractivity contribution in [2.24, 2.45) is 17.6 Å². The highest BCUT2D eigenvalue weighted by atomic mass is 16.2. The van der Waals surface area contributed by atoms with Crippen LogP contribution in [0.3, 0.4) is 0 Å². The number of hydrogen-bond donors (Lipinski definition) is 7. The van der Waals surface area contributed by atoms with Crippen molar-refractivity contribution in [2.45, 2.75) is 104 Å². The number of nitrogens with one attached hydrogen (secondary N) is 6. The molecule has 1 saturated heterocycles. The van der Waals surface area contributed by atoms with Crippen molar-refractivity contribution in [3.05, 3.63) is 64.7 Å². The van der Waals surface area contributed by atoms with Gasteiger partial charge in [0.1, 0.15) is 24.2 Å². The molecule has 0 spiro atoms. The number of amides is 6. The molecule has 16 heteroatoms. The number of anilines is 1. The van der Waals surface area contributed by atoms with E-state index in [9.17, 15) is 38.4 Å². The highest BCUT2D eigenvalue weighted by molar-refractivity contribution is 6.30. The minimum atomic E-state index is -0.987. The lowest BCUT2D eigenvalue weighted by Gasteiger charge is -2.29. The summed E-state index contributed by atoms with van der Waals surface area (Å²) in [5.41, 5.74) is 7.54. The fourth-order valence-corrected chi connectivity index (χ4v) is 7.08. The van der Waals surface area contributed by atoms with Crippen molar-refractivity contribution in [2.75, 3.05) is 31.5 Å². The molecule has 2 aromatic rings. The topological polar surface area (TPSA) is 238 Å². The quantitative estimate of drug-likeness (QED) is 0.0861. The third-order valence-corrected chi connectivity index (χ3v) is 10.0. The Hall–Kier alpha value is -5.64. The van der Waals surface area contributed by atoms with Gasteiger partial charge in [-0.3, -0.25) is 38.4 Å². The fourth-order valence-electron chi connectivity index (χ4n) is 7.08. The molecule has 0 bridgehead atoms. The van der Waals surface area contributed by atoms with Gasteiger partial charge in [-0.05, 0) is 63.9 Å². The number of nitrogens with zero attached hydrogens (tertiary/aromatic N) is 1. The maximum atomic E-state index is 13.9. The molecule has 2 aromatic carbocycles. The first-order valence-electron chi connectivity index (χ1n) is 20.1. The lowest BCUT2D eigenvalue weighted by atomic mass is 9.83. The summed E-state index contributed by atoms with van der Waals surface area (Å²) in [4.78, 5) is 106. The molecule has 6 amide bonds. The summed E-state index contributed by atoms with van der Waals surface area (Å²) < 4.78 is 0. The molecular weight excluding hydrogens is 745 g/mol. The smallest absolute Gasteiger partial charge is 0.245 e. The Bertz CT molecular complexity index is 1880. The number of rotatable bonds is 19. The van der Waals surface area contributed by atoms with Crippen molar-refractivity contribution >= 4 is 52.7 Å². The largest absolute Gasteiger partial charge is 0.384 e. The Labute approximate surface area is 339 Å². The summed E-state index contributed by atoms with van der Waals surface area (Å²) in [7, 11) is 0. The maximum absolute atomic E-state index is 13.9. The van der Waals surface area contributed by atoms with Crippen molar-refractivity contribution in [1.82, 2.24) is 31.5 Å². The Morgan fingerprint density at radius 3 is 2.02 bits per heavy atom. The monoisotopic (exact) mass is 802 g/mol. The number of carbonyl (C=O) groups is 8. The number of carbonyl (C=O) groups excluding carboxylic acids is 8. The number of likely N-dealkylation sites (tertiary alicyclic amines) is 1. The Morgan fingerprint density at radius 1 is 0.724 bits per heavy atom. The number of fused-ring (bicyclic) bond motifs is 2. The van der Waals surface area contributed by atoms with Crippen molar-refractivity contribution < 1.29 is 38.4 Å². The molecule has 0 unspecified atom stereocenters. The molecule has 1 aliphatic carbocycles. The summed E-state index contributed by atoms with van der Waals surface area (Å²) in [5.74, 6) is -3.43. The van der Waals surface area contributed by atoms with Gasteiger partial charge in [0.15, 0.2) is 11.6 Å². The molecule has 0 aromatic heterocycles. The molecule has 1 aliphatic heterocycles. The van der Waals surface area contributed by atoms with Gasteiger partial charge >= 0.3 is 0 Å². The van der Waals surface area contributed by atoms with Gasteiger partial charge in [-0.15, -0.1) is 0 Å². The van der Waals surface area contributed by atoms with E-state index < -0.39 is 66.3 Å². The molecule has 0 radical (unpaired) electrons. The molecule has 2 aliphatic rings. The number of nitrogens with two attached hydrogens (primary N) is 1. The summed E-state index contributed by atoms with van der Waals surface area (Å²) >= 11 is 0. The van der Waals surface area contributed by atoms with Crippen LogP contribution in [0.1, 0.15) is 105 Å². The van der Waals surface area contributed by atoms with Gasteiger partial charge in [0.05, 0.1) is 18.2 Å². The minimum absolute atomic E-state index is 0.00736. The second-order valence-electron chi connectivity index (χ2n) is 15.9. The van der Waals surface area contributed by atoms with Gasteiger partial charge in [-0.1, -0.05) is 64.1 Å². The Balaban J connectivity index is 1.28. The van der Waals surface area contributed by atoms with E-state index in [4.69, 9.17) is 5.73 Å². The van der Waals surface area contributed by atoms with E-state index >= 15 is 0 Å². The number of ketones is 2. The van der Waals surface area contributed by atoms with Crippen LogP contribution >= 0.6 is 0 Å². The average molecular weight is 803 g/mol. The Kier molecular flexibility index (Phi) is 16.1. The zero-order valence-electron chi connectivity index (χ0n) is 34.2. The maximum Gasteiger partial charge on any atom is 0.245 e. The SMILES string of the molecule is CC(C)C[C@H](NC(=O)[C@H](C)NC(=O)[C@H](C)N)C(=O)NCC(=O)N[C@@H](CC(C)C)C(=O)N1CCC[C@@H]1C(=O)NCCCNc1cccc2c1C(=O)c1ccccc1C2=O. The summed E-state index contributed by atoms with van der Waals surface area (Å²) in [6.45, 7) is 11.1. The summed E-state index contributed by atoms with van der Waals surface area (Å²) in [5, 5.41) is 16.6. The second kappa shape index (κ2) is 20.7. The van der Waals surface area contributed by atoms with E-state index in [1.807, 2.05) is 27.7 Å². The zero-order valence-corrected chi connectivity index (χ0v) is 34.2. The standard InChI is InChI=1S/C42H58N8O8/c1-23(2)20-31(49-39(55)26(6)47-38(54)25(5)43)40(56)46-22-34(51)48-32(21-24(3)4)42(58)50-19-10-16-33(50)41(57)45-18-11-17-44-30-15-9-14-29-35(30)37(53)28-13-8-7-12-27(28)36(29)52/h7-9,12-15,23-26,31-33,44H,10-11,16-22,43H2,1-6H3,(H,45,57)(H,46,56)(H,47,54)(H,48,51)(H,49,55)/t25-,26-,31-,32-,33+/m0/s1. The molecule has 5 atom stereocenters. The van der Waals surface area contributed by atoms with Crippen LogP contribution in [0.2, 0.25) is 0 Å². The molecule has 1 heterocycles. The Morgan fingerprint density at radius 2 is 1.36 bits per heavy atom. The van der Waals surface area contributed by atoms with E-state index in [-0.39, 0.29) is 35.7 Å². The van der Waals surface area contributed by atoms with Crippen LogP contribution in [-0.2, 0) is 28.8 Å². The van der Waals surface area contributed by atoms with Gasteiger partial charge in [0.2, 0.25) is 35.4 Å². The van der Waals surface area contributed by atoms with E-state index in [0.29, 0.717) is 73.3 Å². The van der Waals surface area contributed by atoms with Crippen molar-refractivity contribution in [3.63, 3.8) is 0 Å². The van der Waals surface area contributed by atoms with E-state index in [0.717, 1.165) is 0 Å². The first-order chi connectivity index (χ1) is 27.5.